The van der Waals surface area contributed by atoms with Crippen molar-refractivity contribution >= 4 is 15.3 Å². The fourth-order valence-electron chi connectivity index (χ4n) is 4.76. The van der Waals surface area contributed by atoms with Gasteiger partial charge in [0.05, 0.1) is 12.7 Å². The topological polar surface area (TPSA) is 48.5 Å². The minimum atomic E-state index is -2.78. The van der Waals surface area contributed by atoms with Crippen LogP contribution in [0.5, 0.6) is 0 Å². The zero-order valence-corrected chi connectivity index (χ0v) is 25.5. The van der Waals surface area contributed by atoms with E-state index in [4.69, 9.17) is 17.3 Å². The lowest BCUT2D eigenvalue weighted by Crippen LogP contribution is -2.48. The first-order valence-electron chi connectivity index (χ1n) is 13.9. The third-order valence-corrected chi connectivity index (χ3v) is 10.2. The fourth-order valence-corrected chi connectivity index (χ4v) is 6.81. The predicted molar refractivity (Wildman–Crippen MR) is 157 cm³/mol. The Labute approximate surface area is 228 Å². The first kappa shape index (κ1) is 32.5. The Kier molecular flexibility index (Phi) is 14.4. The molecule has 210 valence electrons. The number of rotatable bonds is 14. The van der Waals surface area contributed by atoms with Crippen LogP contribution >= 0.6 is 7.44 Å². The average molecular weight is 535 g/mol. The van der Waals surface area contributed by atoms with Gasteiger partial charge in [-0.05, 0) is 74.5 Å². The summed E-state index contributed by atoms with van der Waals surface area (Å²) >= 11 is 0. The van der Waals surface area contributed by atoms with E-state index in [2.05, 4.69) is 60.4 Å². The minimum absolute atomic E-state index is 0.0851. The van der Waals surface area contributed by atoms with Gasteiger partial charge in [-0.2, -0.15) is 0 Å². The van der Waals surface area contributed by atoms with Crippen molar-refractivity contribution in [2.75, 3.05) is 79.9 Å². The lowest BCUT2D eigenvalue weighted by Gasteiger charge is -2.41. The predicted octanol–water partition coefficient (Wildman–Crippen LogP) is 4.58. The summed E-state index contributed by atoms with van der Waals surface area (Å²) in [6, 6.07) is -0.294. The maximum absolute atomic E-state index is 13.9. The lowest BCUT2D eigenvalue weighted by atomic mass is 9.98. The average Bonchev–Trinajstić information content (AvgIpc) is 2.82. The van der Waals surface area contributed by atoms with Gasteiger partial charge in [0.2, 0.25) is 7.44 Å². The largest absolute Gasteiger partial charge is 0.380 e. The van der Waals surface area contributed by atoms with Gasteiger partial charge in [-0.1, -0.05) is 34.9 Å². The molecule has 2 radical (unpaired) electrons. The monoisotopic (exact) mass is 534 g/mol. The van der Waals surface area contributed by atoms with Crippen LogP contribution in [0.2, 0.25) is 0 Å². The van der Waals surface area contributed by atoms with Gasteiger partial charge in [0.15, 0.2) is 0 Å². The second-order valence-electron chi connectivity index (χ2n) is 11.2. The van der Waals surface area contributed by atoms with Gasteiger partial charge in [-0.25, -0.2) is 9.34 Å². The molecule has 2 aliphatic heterocycles. The van der Waals surface area contributed by atoms with Crippen LogP contribution in [0, 0.1) is 0 Å². The Morgan fingerprint density at radius 1 is 1.00 bits per heavy atom. The van der Waals surface area contributed by atoms with Gasteiger partial charge in [0.25, 0.3) is 0 Å². The van der Waals surface area contributed by atoms with Gasteiger partial charge >= 0.3 is 0 Å². The van der Waals surface area contributed by atoms with Crippen LogP contribution in [0.15, 0.2) is 34.9 Å². The maximum Gasteiger partial charge on any atom is 0.241 e. The van der Waals surface area contributed by atoms with Crippen molar-refractivity contribution in [2.45, 2.75) is 65.5 Å². The first-order chi connectivity index (χ1) is 17.5. The number of hydrogen-bond donors (Lipinski definition) is 0. The Bertz CT molecular complexity index is 810. The molecule has 9 heteroatoms. The van der Waals surface area contributed by atoms with E-state index in [0.717, 1.165) is 71.5 Å². The van der Waals surface area contributed by atoms with Crippen molar-refractivity contribution in [3.05, 3.63) is 34.9 Å². The zero-order valence-electron chi connectivity index (χ0n) is 24.6. The number of allylic oxidation sites excluding steroid dienone is 5. The summed E-state index contributed by atoms with van der Waals surface area (Å²) in [5.41, 5.74) is 4.32. The highest BCUT2D eigenvalue weighted by Gasteiger charge is 2.36. The zero-order chi connectivity index (χ0) is 27.4. The molecule has 2 saturated heterocycles. The molecule has 0 aliphatic carbocycles. The van der Waals surface area contributed by atoms with Gasteiger partial charge in [-0.3, -0.25) is 9.46 Å². The Morgan fingerprint density at radius 3 is 2.22 bits per heavy atom. The van der Waals surface area contributed by atoms with Crippen LogP contribution in [0.25, 0.3) is 0 Å². The number of likely N-dealkylation sites (N-methyl/N-ethyl adjacent to an activating group) is 1. The van der Waals surface area contributed by atoms with E-state index in [1.54, 1.807) is 0 Å². The van der Waals surface area contributed by atoms with Crippen LogP contribution < -0.4 is 0 Å². The smallest absolute Gasteiger partial charge is 0.241 e. The quantitative estimate of drug-likeness (QED) is 0.184. The van der Waals surface area contributed by atoms with Crippen molar-refractivity contribution in [1.82, 2.24) is 19.1 Å². The van der Waals surface area contributed by atoms with Crippen LogP contribution in [-0.4, -0.2) is 119 Å². The number of piperazine rings is 1. The third kappa shape index (κ3) is 11.9. The summed E-state index contributed by atoms with van der Waals surface area (Å²) in [6.07, 6.45) is 11.7. The lowest BCUT2D eigenvalue weighted by molar-refractivity contribution is -0.0748. The molecule has 37 heavy (non-hydrogen) atoms. The van der Waals surface area contributed by atoms with Crippen LogP contribution in [-0.2, 0) is 14.0 Å². The summed E-state index contributed by atoms with van der Waals surface area (Å²) in [6.45, 7) is 15.1. The summed E-state index contributed by atoms with van der Waals surface area (Å²) < 4.78 is 29.6. The molecule has 2 heterocycles. The second kappa shape index (κ2) is 16.4. The van der Waals surface area contributed by atoms with Crippen LogP contribution in [0.4, 0.5) is 0 Å². The number of nitrogens with zero attached hydrogens (tertiary/aromatic N) is 4. The van der Waals surface area contributed by atoms with Crippen LogP contribution in [0.3, 0.4) is 0 Å². The molecule has 3 unspecified atom stereocenters. The third-order valence-electron chi connectivity index (χ3n) is 7.17. The van der Waals surface area contributed by atoms with Gasteiger partial charge in [0.1, 0.15) is 14.2 Å². The summed E-state index contributed by atoms with van der Waals surface area (Å²) in [4.78, 5) is 4.60. The van der Waals surface area contributed by atoms with Crippen LogP contribution in [0.1, 0.15) is 53.4 Å². The highest BCUT2D eigenvalue weighted by atomic mass is 31.2. The highest BCUT2D eigenvalue weighted by Crippen LogP contribution is 2.51. The Balaban J connectivity index is 1.74. The van der Waals surface area contributed by atoms with Crippen molar-refractivity contribution < 1.29 is 14.0 Å². The molecule has 0 N–H and O–H groups in total. The van der Waals surface area contributed by atoms with Crippen molar-refractivity contribution in [2.24, 2.45) is 0 Å². The molecule has 2 rings (SSSR count). The van der Waals surface area contributed by atoms with Gasteiger partial charge in [-0.15, -0.1) is 0 Å². The van der Waals surface area contributed by atoms with E-state index >= 15 is 0 Å². The molecule has 0 aromatic rings. The van der Waals surface area contributed by atoms with E-state index < -0.39 is 7.44 Å². The Morgan fingerprint density at radius 2 is 1.62 bits per heavy atom. The molecular formula is C28H52BN4O3P. The molecule has 0 aromatic heterocycles. The molecule has 0 aromatic carbocycles. The van der Waals surface area contributed by atoms with Crippen molar-refractivity contribution in [3.8, 4) is 0 Å². The molecule has 0 amide bonds. The molecule has 2 fully saturated rings. The molecule has 3 atom stereocenters. The minimum Gasteiger partial charge on any atom is -0.380 e. The molecular weight excluding hydrogens is 482 g/mol. The summed E-state index contributed by atoms with van der Waals surface area (Å²) in [7, 11) is 8.99. The summed E-state index contributed by atoms with van der Waals surface area (Å²) in [5, 5.41) is 0. The fraction of sp³-hybridized carbons (Fsp3) is 0.786. The number of ether oxygens (including phenoxy) is 2. The van der Waals surface area contributed by atoms with Gasteiger partial charge in [0, 0.05) is 51.8 Å². The molecule has 0 bridgehead atoms. The number of morpholine rings is 1. The van der Waals surface area contributed by atoms with E-state index in [0.29, 0.717) is 6.61 Å². The number of hydrogen-bond acceptors (Lipinski definition) is 5. The van der Waals surface area contributed by atoms with Crippen molar-refractivity contribution in [3.63, 3.8) is 0 Å². The molecule has 7 nitrogen and oxygen atoms in total. The maximum atomic E-state index is 13.9. The first-order valence-corrected chi connectivity index (χ1v) is 15.7. The summed E-state index contributed by atoms with van der Waals surface area (Å²) in [5.74, 6) is 0. The van der Waals surface area contributed by atoms with Crippen molar-refractivity contribution in [1.29, 1.82) is 0 Å². The molecule has 2 aliphatic rings. The molecule has 0 saturated carbocycles. The Hall–Kier alpha value is -0.725. The normalized spacial score (nSPS) is 24.9. The van der Waals surface area contributed by atoms with E-state index in [1.165, 1.54) is 16.7 Å². The SMILES string of the molecule is [B]C1CN(C)CC(COCP(=O)(N(C)C)N2CCN(C/C=C(\C)CC/C=C(\C)CCC=C(C)C)CC2)O1. The highest BCUT2D eigenvalue weighted by molar-refractivity contribution is 7.58. The molecule has 0 spiro atoms. The van der Waals surface area contributed by atoms with E-state index in [-0.39, 0.29) is 18.5 Å². The standard InChI is InChI=1S/C28H52BN4O3P/c1-24(2)10-8-11-25(3)12-9-13-26(4)14-15-32-16-18-33(19-17-32)37(34,30(5)6)23-35-22-27-20-31(7)21-28(29)36-27/h10,12,14,27-28H,8-9,11,13,15-23H2,1-7H3/b25-12+,26-14+. The second-order valence-corrected chi connectivity index (χ2v) is 14.2. The van der Waals surface area contributed by atoms with E-state index in [1.807, 2.05) is 25.8 Å². The van der Waals surface area contributed by atoms with Gasteiger partial charge < -0.3 is 14.4 Å². The van der Waals surface area contributed by atoms with E-state index in [9.17, 15) is 4.57 Å².